The van der Waals surface area contributed by atoms with Gasteiger partial charge in [-0.1, -0.05) is 18.2 Å². The third-order valence-corrected chi connectivity index (χ3v) is 4.16. The van der Waals surface area contributed by atoms with Crippen LogP contribution >= 0.6 is 0 Å². The minimum atomic E-state index is -0.205. The maximum atomic E-state index is 13.7. The highest BCUT2D eigenvalue weighted by Gasteiger charge is 2.08. The molecule has 0 radical (unpaired) electrons. The molecule has 0 amide bonds. The number of aryl methyl sites for hydroxylation is 1. The SMILES string of the molecule is COc1ccc(Nc2cc(C)nc(NCCc3ccccc3F)n2)c(OC)c1. The van der Waals surface area contributed by atoms with E-state index in [0.29, 0.717) is 41.8 Å². The summed E-state index contributed by atoms with van der Waals surface area (Å²) in [6, 6.07) is 14.1. The van der Waals surface area contributed by atoms with Crippen LogP contribution < -0.4 is 20.1 Å². The monoisotopic (exact) mass is 382 g/mol. The van der Waals surface area contributed by atoms with Crippen LogP contribution in [0, 0.1) is 12.7 Å². The van der Waals surface area contributed by atoms with Gasteiger partial charge in [0.2, 0.25) is 5.95 Å². The van der Waals surface area contributed by atoms with Gasteiger partial charge in [0, 0.05) is 24.4 Å². The number of nitrogens with zero attached hydrogens (tertiary/aromatic N) is 2. The van der Waals surface area contributed by atoms with Crippen LogP contribution in [0.5, 0.6) is 11.5 Å². The second kappa shape index (κ2) is 9.03. The predicted molar refractivity (Wildman–Crippen MR) is 108 cm³/mol. The van der Waals surface area contributed by atoms with Crippen LogP contribution in [0.2, 0.25) is 0 Å². The van der Waals surface area contributed by atoms with Gasteiger partial charge in [-0.25, -0.2) is 9.37 Å². The van der Waals surface area contributed by atoms with E-state index in [9.17, 15) is 4.39 Å². The van der Waals surface area contributed by atoms with E-state index >= 15 is 0 Å². The second-order valence-corrected chi connectivity index (χ2v) is 6.18. The molecule has 0 unspecified atom stereocenters. The fourth-order valence-electron chi connectivity index (χ4n) is 2.76. The summed E-state index contributed by atoms with van der Waals surface area (Å²) in [5.41, 5.74) is 2.22. The summed E-state index contributed by atoms with van der Waals surface area (Å²) in [7, 11) is 3.20. The number of ether oxygens (including phenoxy) is 2. The van der Waals surface area contributed by atoms with Crippen molar-refractivity contribution >= 4 is 17.5 Å². The highest BCUT2D eigenvalue weighted by atomic mass is 19.1. The van der Waals surface area contributed by atoms with E-state index in [1.165, 1.54) is 6.07 Å². The Kier molecular flexibility index (Phi) is 6.26. The van der Waals surface area contributed by atoms with Crippen LogP contribution in [0.15, 0.2) is 48.5 Å². The van der Waals surface area contributed by atoms with E-state index in [0.717, 1.165) is 11.4 Å². The quantitative estimate of drug-likeness (QED) is 0.604. The standard InChI is InChI=1S/C21H23FN4O2/c1-14-12-20(25-18-9-8-16(27-2)13-19(18)28-3)26-21(24-14)23-11-10-15-6-4-5-7-17(15)22/h4-9,12-13H,10-11H2,1-3H3,(H2,23,24,25,26). The number of benzene rings is 2. The van der Waals surface area contributed by atoms with Crippen LogP contribution in [-0.4, -0.2) is 30.7 Å². The fraction of sp³-hybridized carbons (Fsp3) is 0.238. The van der Waals surface area contributed by atoms with Crippen molar-refractivity contribution in [1.29, 1.82) is 0 Å². The number of rotatable bonds is 8. The first-order valence-corrected chi connectivity index (χ1v) is 8.91. The Morgan fingerprint density at radius 2 is 1.82 bits per heavy atom. The van der Waals surface area contributed by atoms with Gasteiger partial charge in [-0.15, -0.1) is 0 Å². The van der Waals surface area contributed by atoms with Gasteiger partial charge in [0.25, 0.3) is 0 Å². The minimum Gasteiger partial charge on any atom is -0.497 e. The molecule has 3 aromatic rings. The molecular formula is C21H23FN4O2. The molecule has 0 saturated heterocycles. The minimum absolute atomic E-state index is 0.205. The summed E-state index contributed by atoms with van der Waals surface area (Å²) in [5, 5.41) is 6.40. The molecule has 2 aromatic carbocycles. The molecule has 0 aliphatic rings. The molecule has 28 heavy (non-hydrogen) atoms. The number of aromatic nitrogens is 2. The number of nitrogens with one attached hydrogen (secondary N) is 2. The molecule has 1 aromatic heterocycles. The molecule has 1 heterocycles. The molecule has 0 atom stereocenters. The van der Waals surface area contributed by atoms with Gasteiger partial charge in [-0.3, -0.25) is 0 Å². The van der Waals surface area contributed by atoms with Crippen molar-refractivity contribution in [1.82, 2.24) is 9.97 Å². The lowest BCUT2D eigenvalue weighted by Crippen LogP contribution is -2.10. The molecule has 146 valence electrons. The molecule has 6 nitrogen and oxygen atoms in total. The second-order valence-electron chi connectivity index (χ2n) is 6.18. The van der Waals surface area contributed by atoms with E-state index in [4.69, 9.17) is 9.47 Å². The van der Waals surface area contributed by atoms with Gasteiger partial charge in [-0.05, 0) is 37.1 Å². The molecule has 0 saturated carbocycles. The lowest BCUT2D eigenvalue weighted by molar-refractivity contribution is 0.395. The Balaban J connectivity index is 1.70. The number of halogens is 1. The average Bonchev–Trinajstić information content (AvgIpc) is 2.69. The Bertz CT molecular complexity index is 949. The number of hydrogen-bond donors (Lipinski definition) is 2. The van der Waals surface area contributed by atoms with Gasteiger partial charge < -0.3 is 20.1 Å². The zero-order chi connectivity index (χ0) is 19.9. The Labute approximate surface area is 163 Å². The van der Waals surface area contributed by atoms with E-state index in [1.54, 1.807) is 32.4 Å². The van der Waals surface area contributed by atoms with E-state index in [1.807, 2.05) is 31.2 Å². The number of hydrogen-bond acceptors (Lipinski definition) is 6. The average molecular weight is 382 g/mol. The maximum Gasteiger partial charge on any atom is 0.224 e. The first-order valence-electron chi connectivity index (χ1n) is 8.91. The maximum absolute atomic E-state index is 13.7. The van der Waals surface area contributed by atoms with Crippen molar-refractivity contribution in [3.63, 3.8) is 0 Å². The third-order valence-electron chi connectivity index (χ3n) is 4.16. The molecule has 0 aliphatic carbocycles. The fourth-order valence-corrected chi connectivity index (χ4v) is 2.76. The lowest BCUT2D eigenvalue weighted by atomic mass is 10.1. The van der Waals surface area contributed by atoms with Gasteiger partial charge in [0.05, 0.1) is 19.9 Å². The van der Waals surface area contributed by atoms with Gasteiger partial charge in [0.1, 0.15) is 23.1 Å². The first-order chi connectivity index (χ1) is 13.6. The van der Waals surface area contributed by atoms with Crippen molar-refractivity contribution in [2.45, 2.75) is 13.3 Å². The van der Waals surface area contributed by atoms with Crippen molar-refractivity contribution in [2.24, 2.45) is 0 Å². The molecule has 0 bridgehead atoms. The lowest BCUT2D eigenvalue weighted by Gasteiger charge is -2.13. The van der Waals surface area contributed by atoms with E-state index in [-0.39, 0.29) is 5.82 Å². The third kappa shape index (κ3) is 4.88. The van der Waals surface area contributed by atoms with Crippen molar-refractivity contribution in [2.75, 3.05) is 31.4 Å². The van der Waals surface area contributed by atoms with Gasteiger partial charge in [-0.2, -0.15) is 4.98 Å². The Morgan fingerprint density at radius 3 is 2.57 bits per heavy atom. The van der Waals surface area contributed by atoms with Crippen LogP contribution in [0.1, 0.15) is 11.3 Å². The van der Waals surface area contributed by atoms with E-state index < -0.39 is 0 Å². The van der Waals surface area contributed by atoms with Crippen LogP contribution in [-0.2, 0) is 6.42 Å². The molecule has 0 spiro atoms. The highest BCUT2D eigenvalue weighted by Crippen LogP contribution is 2.31. The summed E-state index contributed by atoms with van der Waals surface area (Å²) in [5.74, 6) is 2.25. The molecule has 0 fully saturated rings. The van der Waals surface area contributed by atoms with Crippen LogP contribution in [0.4, 0.5) is 21.8 Å². The summed E-state index contributed by atoms with van der Waals surface area (Å²) in [6.07, 6.45) is 0.541. The molecule has 7 heteroatoms. The summed E-state index contributed by atoms with van der Waals surface area (Å²) in [6.45, 7) is 2.41. The highest BCUT2D eigenvalue weighted by molar-refractivity contribution is 5.66. The van der Waals surface area contributed by atoms with Gasteiger partial charge >= 0.3 is 0 Å². The molecular weight excluding hydrogens is 359 g/mol. The first kappa shape index (κ1) is 19.4. The van der Waals surface area contributed by atoms with Crippen molar-refractivity contribution in [3.05, 3.63) is 65.6 Å². The van der Waals surface area contributed by atoms with Crippen LogP contribution in [0.3, 0.4) is 0 Å². The molecule has 0 aliphatic heterocycles. The summed E-state index contributed by atoms with van der Waals surface area (Å²) >= 11 is 0. The summed E-state index contributed by atoms with van der Waals surface area (Å²) in [4.78, 5) is 8.88. The van der Waals surface area contributed by atoms with Crippen molar-refractivity contribution in [3.8, 4) is 11.5 Å². The van der Waals surface area contributed by atoms with Crippen LogP contribution in [0.25, 0.3) is 0 Å². The topological polar surface area (TPSA) is 68.3 Å². The smallest absolute Gasteiger partial charge is 0.224 e. The Hall–Kier alpha value is -3.35. The predicted octanol–water partition coefficient (Wildman–Crippen LogP) is 4.34. The molecule has 2 N–H and O–H groups in total. The van der Waals surface area contributed by atoms with Crippen molar-refractivity contribution < 1.29 is 13.9 Å². The number of anilines is 3. The Morgan fingerprint density at radius 1 is 1.00 bits per heavy atom. The zero-order valence-electron chi connectivity index (χ0n) is 16.1. The largest absolute Gasteiger partial charge is 0.497 e. The molecule has 3 rings (SSSR count). The number of methoxy groups -OCH3 is 2. The zero-order valence-corrected chi connectivity index (χ0v) is 16.1. The summed E-state index contributed by atoms with van der Waals surface area (Å²) < 4.78 is 24.3. The normalized spacial score (nSPS) is 10.4. The van der Waals surface area contributed by atoms with Gasteiger partial charge in [0.15, 0.2) is 0 Å². The van der Waals surface area contributed by atoms with E-state index in [2.05, 4.69) is 20.6 Å².